The van der Waals surface area contributed by atoms with Crippen LogP contribution in [-0.2, 0) is 9.53 Å². The van der Waals surface area contributed by atoms with E-state index < -0.39 is 18.0 Å². The quantitative estimate of drug-likeness (QED) is 0.640. The molecule has 1 atom stereocenters. The molecule has 24 heavy (non-hydrogen) atoms. The van der Waals surface area contributed by atoms with Gasteiger partial charge in [0.15, 0.2) is 11.8 Å². The van der Waals surface area contributed by atoms with Crippen LogP contribution in [0.4, 0.5) is 0 Å². The first-order valence-electron chi connectivity index (χ1n) is 7.25. The summed E-state index contributed by atoms with van der Waals surface area (Å²) in [6, 6.07) is 6.85. The highest BCUT2D eigenvalue weighted by molar-refractivity contribution is 6.30. The number of nitrogens with zero attached hydrogens (tertiary/aromatic N) is 1. The third kappa shape index (κ3) is 4.23. The van der Waals surface area contributed by atoms with E-state index in [0.717, 1.165) is 0 Å². The standard InChI is InChI=1S/C17H17ClN2O4/c1-4-9-19-15(21)11(3)24-17(22)14-10(2)23-16(20-14)12-5-7-13(18)8-6-12/h4-8,11H,1,9H2,2-3H3,(H,19,21). The van der Waals surface area contributed by atoms with Crippen LogP contribution < -0.4 is 5.32 Å². The number of amides is 1. The minimum absolute atomic E-state index is 0.0309. The molecule has 0 spiro atoms. The molecule has 1 amide bonds. The zero-order valence-corrected chi connectivity index (χ0v) is 14.1. The molecule has 0 aliphatic heterocycles. The molecule has 0 radical (unpaired) electrons. The third-order valence-electron chi connectivity index (χ3n) is 3.15. The number of halogens is 1. The normalized spacial score (nSPS) is 11.6. The van der Waals surface area contributed by atoms with Gasteiger partial charge in [-0.05, 0) is 38.1 Å². The number of oxazole rings is 1. The molecule has 1 unspecified atom stereocenters. The summed E-state index contributed by atoms with van der Waals surface area (Å²) in [5.41, 5.74) is 0.710. The lowest BCUT2D eigenvalue weighted by Crippen LogP contribution is -2.36. The molecule has 0 aliphatic rings. The van der Waals surface area contributed by atoms with Crippen molar-refractivity contribution >= 4 is 23.5 Å². The van der Waals surface area contributed by atoms with Gasteiger partial charge in [-0.1, -0.05) is 17.7 Å². The Hall–Kier alpha value is -2.60. The summed E-state index contributed by atoms with van der Waals surface area (Å²) in [4.78, 5) is 28.1. The minimum Gasteiger partial charge on any atom is -0.448 e. The number of benzene rings is 1. The van der Waals surface area contributed by atoms with Gasteiger partial charge in [0.25, 0.3) is 5.91 Å². The highest BCUT2D eigenvalue weighted by atomic mass is 35.5. The predicted molar refractivity (Wildman–Crippen MR) is 89.8 cm³/mol. The van der Waals surface area contributed by atoms with Gasteiger partial charge in [0.05, 0.1) is 0 Å². The number of hydrogen-bond donors (Lipinski definition) is 1. The Morgan fingerprint density at radius 3 is 2.71 bits per heavy atom. The van der Waals surface area contributed by atoms with E-state index in [1.807, 2.05) is 0 Å². The van der Waals surface area contributed by atoms with Crippen molar-refractivity contribution in [2.45, 2.75) is 20.0 Å². The lowest BCUT2D eigenvalue weighted by molar-refractivity contribution is -0.128. The van der Waals surface area contributed by atoms with E-state index in [0.29, 0.717) is 22.9 Å². The maximum absolute atomic E-state index is 12.2. The van der Waals surface area contributed by atoms with Crippen molar-refractivity contribution in [1.82, 2.24) is 10.3 Å². The maximum atomic E-state index is 12.2. The zero-order chi connectivity index (χ0) is 17.7. The smallest absolute Gasteiger partial charge is 0.361 e. The largest absolute Gasteiger partial charge is 0.448 e. The van der Waals surface area contributed by atoms with Crippen molar-refractivity contribution in [2.24, 2.45) is 0 Å². The average Bonchev–Trinajstić information content (AvgIpc) is 2.95. The molecule has 126 valence electrons. The van der Waals surface area contributed by atoms with Crippen molar-refractivity contribution < 1.29 is 18.7 Å². The van der Waals surface area contributed by atoms with Crippen LogP contribution in [-0.4, -0.2) is 29.5 Å². The van der Waals surface area contributed by atoms with Crippen molar-refractivity contribution in [1.29, 1.82) is 0 Å². The summed E-state index contributed by atoms with van der Waals surface area (Å²) in [5, 5.41) is 3.13. The number of ether oxygens (including phenoxy) is 1. The summed E-state index contributed by atoms with van der Waals surface area (Å²) in [6.45, 7) is 6.87. The summed E-state index contributed by atoms with van der Waals surface area (Å²) < 4.78 is 10.6. The number of rotatable bonds is 6. The number of carbonyl (C=O) groups excluding carboxylic acids is 2. The maximum Gasteiger partial charge on any atom is 0.361 e. The molecular weight excluding hydrogens is 332 g/mol. The van der Waals surface area contributed by atoms with E-state index in [1.54, 1.807) is 31.2 Å². The number of hydrogen-bond acceptors (Lipinski definition) is 5. The molecule has 1 aromatic heterocycles. The average molecular weight is 349 g/mol. The number of esters is 1. The topological polar surface area (TPSA) is 81.4 Å². The number of carbonyl (C=O) groups is 2. The van der Waals surface area contributed by atoms with Gasteiger partial charge in [0.1, 0.15) is 5.76 Å². The highest BCUT2D eigenvalue weighted by Gasteiger charge is 2.24. The van der Waals surface area contributed by atoms with Crippen LogP contribution >= 0.6 is 11.6 Å². The fraction of sp³-hybridized carbons (Fsp3) is 0.235. The predicted octanol–water partition coefficient (Wildman–Crippen LogP) is 3.15. The second-order valence-electron chi connectivity index (χ2n) is 5.01. The van der Waals surface area contributed by atoms with Crippen LogP contribution in [0.1, 0.15) is 23.2 Å². The Labute approximate surface area is 144 Å². The Bertz CT molecular complexity index is 752. The highest BCUT2D eigenvalue weighted by Crippen LogP contribution is 2.23. The van der Waals surface area contributed by atoms with Gasteiger partial charge in [0.2, 0.25) is 5.89 Å². The summed E-state index contributed by atoms with van der Waals surface area (Å²) >= 11 is 5.84. The SMILES string of the molecule is C=CCNC(=O)C(C)OC(=O)c1nc(-c2ccc(Cl)cc2)oc1C. The second kappa shape index (κ2) is 7.79. The van der Waals surface area contributed by atoms with Crippen LogP contribution in [0.15, 0.2) is 41.3 Å². The molecule has 2 rings (SSSR count). The van der Waals surface area contributed by atoms with Crippen molar-refractivity contribution in [2.75, 3.05) is 6.54 Å². The van der Waals surface area contributed by atoms with Gasteiger partial charge in [-0.2, -0.15) is 0 Å². The number of nitrogens with one attached hydrogen (secondary N) is 1. The van der Waals surface area contributed by atoms with Crippen LogP contribution in [0.3, 0.4) is 0 Å². The molecule has 0 aliphatic carbocycles. The van der Waals surface area contributed by atoms with Crippen molar-refractivity contribution in [3.05, 3.63) is 53.4 Å². The lowest BCUT2D eigenvalue weighted by Gasteiger charge is -2.11. The Morgan fingerprint density at radius 1 is 1.42 bits per heavy atom. The fourth-order valence-electron chi connectivity index (χ4n) is 1.89. The van der Waals surface area contributed by atoms with Crippen LogP contribution in [0.2, 0.25) is 5.02 Å². The fourth-order valence-corrected chi connectivity index (χ4v) is 2.01. The molecule has 0 fully saturated rings. The summed E-state index contributed by atoms with van der Waals surface area (Å²) in [5.74, 6) is -0.552. The summed E-state index contributed by atoms with van der Waals surface area (Å²) in [7, 11) is 0. The zero-order valence-electron chi connectivity index (χ0n) is 13.3. The molecule has 6 nitrogen and oxygen atoms in total. The number of aryl methyl sites for hydroxylation is 1. The Morgan fingerprint density at radius 2 is 2.08 bits per heavy atom. The molecule has 0 saturated heterocycles. The second-order valence-corrected chi connectivity index (χ2v) is 5.45. The van der Waals surface area contributed by atoms with E-state index in [2.05, 4.69) is 16.9 Å². The van der Waals surface area contributed by atoms with Gasteiger partial charge < -0.3 is 14.5 Å². The molecule has 1 aromatic carbocycles. The molecular formula is C17H17ClN2O4. The van der Waals surface area contributed by atoms with Gasteiger partial charge >= 0.3 is 5.97 Å². The third-order valence-corrected chi connectivity index (χ3v) is 3.41. The monoisotopic (exact) mass is 348 g/mol. The first kappa shape index (κ1) is 17.7. The molecule has 0 saturated carbocycles. The van der Waals surface area contributed by atoms with Gasteiger partial charge in [0, 0.05) is 17.1 Å². The van der Waals surface area contributed by atoms with Crippen molar-refractivity contribution in [3.63, 3.8) is 0 Å². The first-order valence-corrected chi connectivity index (χ1v) is 7.63. The number of aromatic nitrogens is 1. The molecule has 1 heterocycles. The molecule has 1 N–H and O–H groups in total. The molecule has 7 heteroatoms. The Balaban J connectivity index is 2.11. The van der Waals surface area contributed by atoms with Crippen LogP contribution in [0, 0.1) is 6.92 Å². The van der Waals surface area contributed by atoms with E-state index >= 15 is 0 Å². The van der Waals surface area contributed by atoms with Gasteiger partial charge in [-0.25, -0.2) is 9.78 Å². The van der Waals surface area contributed by atoms with Crippen LogP contribution in [0.5, 0.6) is 0 Å². The van der Waals surface area contributed by atoms with E-state index in [1.165, 1.54) is 13.0 Å². The minimum atomic E-state index is -0.951. The van der Waals surface area contributed by atoms with Gasteiger partial charge in [-0.3, -0.25) is 4.79 Å². The molecule has 0 bridgehead atoms. The summed E-state index contributed by atoms with van der Waals surface area (Å²) in [6.07, 6.45) is 0.583. The van der Waals surface area contributed by atoms with Crippen LogP contribution in [0.25, 0.3) is 11.5 Å². The molecule has 2 aromatic rings. The van der Waals surface area contributed by atoms with E-state index in [4.69, 9.17) is 20.8 Å². The van der Waals surface area contributed by atoms with Gasteiger partial charge in [-0.15, -0.1) is 6.58 Å². The Kier molecular flexibility index (Phi) is 5.76. The van der Waals surface area contributed by atoms with E-state index in [9.17, 15) is 9.59 Å². The van der Waals surface area contributed by atoms with E-state index in [-0.39, 0.29) is 11.6 Å². The first-order chi connectivity index (χ1) is 11.4. The lowest BCUT2D eigenvalue weighted by atomic mass is 10.2. The van der Waals surface area contributed by atoms with Crippen molar-refractivity contribution in [3.8, 4) is 11.5 Å².